The summed E-state index contributed by atoms with van der Waals surface area (Å²) < 4.78 is 46.7. The molecule has 0 bridgehead atoms. The molecule has 0 spiro atoms. The first-order valence-corrected chi connectivity index (χ1v) is 12.6. The van der Waals surface area contributed by atoms with E-state index >= 15 is 0 Å². The molecule has 2 aliphatic heterocycles. The zero-order valence-electron chi connectivity index (χ0n) is 20.6. The second-order valence-corrected chi connectivity index (χ2v) is 10.8. The van der Waals surface area contributed by atoms with Crippen LogP contribution in [-0.2, 0) is 32.7 Å². The molecule has 1 aromatic carbocycles. The van der Waals surface area contributed by atoms with E-state index in [1.54, 1.807) is 7.05 Å². The van der Waals surface area contributed by atoms with Crippen LogP contribution in [-0.4, -0.2) is 44.5 Å². The summed E-state index contributed by atoms with van der Waals surface area (Å²) in [5, 5.41) is 9.83. The van der Waals surface area contributed by atoms with Gasteiger partial charge in [-0.15, -0.1) is 0 Å². The summed E-state index contributed by atoms with van der Waals surface area (Å²) in [6, 6.07) is 9.45. The van der Waals surface area contributed by atoms with Gasteiger partial charge in [0, 0.05) is 68.9 Å². The largest absolute Gasteiger partial charge is 0.419 e. The van der Waals surface area contributed by atoms with Gasteiger partial charge in [-0.1, -0.05) is 6.07 Å². The highest BCUT2D eigenvalue weighted by Crippen LogP contribution is 2.60. The van der Waals surface area contributed by atoms with Crippen molar-refractivity contribution >= 4 is 11.1 Å². The van der Waals surface area contributed by atoms with E-state index in [2.05, 4.69) is 20.9 Å². The van der Waals surface area contributed by atoms with Gasteiger partial charge in [0.2, 0.25) is 0 Å². The number of benzene rings is 1. The van der Waals surface area contributed by atoms with Crippen molar-refractivity contribution in [3.63, 3.8) is 0 Å². The monoisotopic (exact) mass is 511 g/mol. The first-order chi connectivity index (χ1) is 17.6. The van der Waals surface area contributed by atoms with E-state index in [-0.39, 0.29) is 11.0 Å². The molecule has 2 fully saturated rings. The van der Waals surface area contributed by atoms with E-state index < -0.39 is 17.5 Å². The van der Waals surface area contributed by atoms with Crippen molar-refractivity contribution in [1.82, 2.24) is 19.4 Å². The number of nitriles is 1. The first kappa shape index (κ1) is 24.2. The summed E-state index contributed by atoms with van der Waals surface area (Å²) in [7, 11) is 1.69. The number of aromatic nitrogens is 2. The minimum atomic E-state index is -4.42. The zero-order valence-corrected chi connectivity index (χ0v) is 20.6. The first-order valence-electron chi connectivity index (χ1n) is 12.6. The molecule has 0 amide bonds. The van der Waals surface area contributed by atoms with Gasteiger partial charge in [0.15, 0.2) is 5.58 Å². The average molecular weight is 512 g/mol. The zero-order chi connectivity index (χ0) is 26.0. The number of oxazole rings is 1. The molecule has 1 atom stereocenters. The molecule has 1 unspecified atom stereocenters. The van der Waals surface area contributed by atoms with Crippen molar-refractivity contribution in [2.24, 2.45) is 12.5 Å². The second kappa shape index (κ2) is 8.43. The van der Waals surface area contributed by atoms with E-state index in [9.17, 15) is 23.2 Å². The van der Waals surface area contributed by atoms with Gasteiger partial charge in [-0.2, -0.15) is 18.4 Å². The average Bonchev–Trinajstić information content (AvgIpc) is 3.52. The van der Waals surface area contributed by atoms with Gasteiger partial charge < -0.3 is 4.42 Å². The summed E-state index contributed by atoms with van der Waals surface area (Å²) in [5.74, 6) is -0.391. The minimum Gasteiger partial charge on any atom is -0.408 e. The van der Waals surface area contributed by atoms with E-state index in [0.29, 0.717) is 37.1 Å². The van der Waals surface area contributed by atoms with E-state index in [0.717, 1.165) is 61.9 Å². The Balaban J connectivity index is 1.24. The van der Waals surface area contributed by atoms with Crippen LogP contribution in [0.1, 0.15) is 48.1 Å². The van der Waals surface area contributed by atoms with Gasteiger partial charge >= 0.3 is 11.9 Å². The van der Waals surface area contributed by atoms with Gasteiger partial charge in [0.05, 0.1) is 17.1 Å². The Morgan fingerprint density at radius 2 is 2.00 bits per heavy atom. The van der Waals surface area contributed by atoms with Gasteiger partial charge in [0.1, 0.15) is 0 Å². The maximum Gasteiger partial charge on any atom is 0.419 e. The van der Waals surface area contributed by atoms with Crippen LogP contribution in [0.3, 0.4) is 0 Å². The molecule has 3 aromatic rings. The molecule has 10 heteroatoms. The Morgan fingerprint density at radius 3 is 2.73 bits per heavy atom. The van der Waals surface area contributed by atoms with Crippen molar-refractivity contribution in [1.29, 1.82) is 5.26 Å². The third-order valence-electron chi connectivity index (χ3n) is 8.80. The molecule has 4 heterocycles. The normalized spacial score (nSPS) is 23.8. The molecule has 1 aliphatic carbocycles. The Hall–Kier alpha value is -3.16. The quantitative estimate of drug-likeness (QED) is 0.510. The lowest BCUT2D eigenvalue weighted by Crippen LogP contribution is -2.53. The Labute approximate surface area is 212 Å². The van der Waals surface area contributed by atoms with Crippen molar-refractivity contribution < 1.29 is 17.6 Å². The summed E-state index contributed by atoms with van der Waals surface area (Å²) in [6.45, 7) is 3.47. The Kier molecular flexibility index (Phi) is 5.51. The fourth-order valence-corrected chi connectivity index (χ4v) is 6.71. The number of halogens is 3. The number of likely N-dealkylation sites (tertiary alicyclic amines) is 1. The molecular weight excluding hydrogens is 483 g/mol. The number of nitrogens with zero attached hydrogens (tertiary/aromatic N) is 5. The number of rotatable bonds is 5. The molecule has 0 N–H and O–H groups in total. The van der Waals surface area contributed by atoms with Crippen molar-refractivity contribution in [2.45, 2.75) is 56.9 Å². The predicted molar refractivity (Wildman–Crippen MR) is 129 cm³/mol. The second-order valence-electron chi connectivity index (χ2n) is 10.8. The summed E-state index contributed by atoms with van der Waals surface area (Å²) >= 11 is 0. The van der Waals surface area contributed by atoms with Crippen LogP contribution in [0.25, 0.3) is 11.1 Å². The Bertz CT molecular complexity index is 1470. The molecule has 1 saturated carbocycles. The highest BCUT2D eigenvalue weighted by atomic mass is 19.4. The molecule has 0 radical (unpaired) electrons. The third-order valence-corrected chi connectivity index (χ3v) is 8.80. The fourth-order valence-electron chi connectivity index (χ4n) is 6.71. The summed E-state index contributed by atoms with van der Waals surface area (Å²) in [6.07, 6.45) is 0.333. The van der Waals surface area contributed by atoms with Crippen LogP contribution in [0.4, 0.5) is 13.2 Å². The molecule has 1 saturated heterocycles. The standard InChI is InChI=1S/C27H28F3N5O2/c1-33-22-12-18(2-3-23(22)37-24(33)36)15-34-11-8-25(17-34,7-9-31)26(5-6-26)35-10-4-21-19(16-35)13-20(14-32-21)27(28,29)30/h2-3,12-14H,4-8,10-11,15-17H2,1H3. The van der Waals surface area contributed by atoms with Gasteiger partial charge in [-0.25, -0.2) is 4.79 Å². The molecule has 194 valence electrons. The van der Waals surface area contributed by atoms with E-state index in [1.807, 2.05) is 18.2 Å². The molecular formula is C27H28F3N5O2. The number of pyridine rings is 1. The number of aryl methyl sites for hydroxylation is 1. The minimum absolute atomic E-state index is 0.179. The van der Waals surface area contributed by atoms with Crippen molar-refractivity contribution in [3.8, 4) is 6.07 Å². The van der Waals surface area contributed by atoms with Crippen molar-refractivity contribution in [3.05, 3.63) is 63.4 Å². The van der Waals surface area contributed by atoms with Crippen LogP contribution < -0.4 is 5.76 Å². The van der Waals surface area contributed by atoms with Crippen molar-refractivity contribution in [2.75, 3.05) is 19.6 Å². The molecule has 6 rings (SSSR count). The SMILES string of the molecule is Cn1c(=O)oc2ccc(CN3CCC(CC#N)(C4(N5CCc6ncc(C(F)(F)F)cc6C5)CC4)C3)cc21. The van der Waals surface area contributed by atoms with E-state index in [4.69, 9.17) is 4.42 Å². The summed E-state index contributed by atoms with van der Waals surface area (Å²) in [5.41, 5.74) is 2.65. The van der Waals surface area contributed by atoms with Crippen LogP contribution in [0.5, 0.6) is 0 Å². The third kappa shape index (κ3) is 3.96. The highest BCUT2D eigenvalue weighted by Gasteiger charge is 2.64. The maximum absolute atomic E-state index is 13.3. The predicted octanol–water partition coefficient (Wildman–Crippen LogP) is 4.24. The van der Waals surface area contributed by atoms with Crippen LogP contribution in [0.2, 0.25) is 0 Å². The lowest BCUT2D eigenvalue weighted by Gasteiger charge is -2.46. The summed E-state index contributed by atoms with van der Waals surface area (Å²) in [4.78, 5) is 20.7. The molecule has 37 heavy (non-hydrogen) atoms. The van der Waals surface area contributed by atoms with Gasteiger partial charge in [-0.3, -0.25) is 19.4 Å². The number of alkyl halides is 3. The number of hydrogen-bond acceptors (Lipinski definition) is 6. The van der Waals surface area contributed by atoms with E-state index in [1.165, 1.54) is 10.6 Å². The molecule has 2 aromatic heterocycles. The Morgan fingerprint density at radius 1 is 1.19 bits per heavy atom. The van der Waals surface area contributed by atoms with Crippen LogP contribution in [0.15, 0.2) is 39.7 Å². The van der Waals surface area contributed by atoms with Gasteiger partial charge in [-0.05, 0) is 55.1 Å². The lowest BCUT2D eigenvalue weighted by molar-refractivity contribution is -0.138. The number of hydrogen-bond donors (Lipinski definition) is 0. The van der Waals surface area contributed by atoms with Gasteiger partial charge in [0.25, 0.3) is 0 Å². The van der Waals surface area contributed by atoms with Crippen LogP contribution in [0, 0.1) is 16.7 Å². The smallest absolute Gasteiger partial charge is 0.408 e. The molecule has 3 aliphatic rings. The maximum atomic E-state index is 13.3. The fraction of sp³-hybridized carbons (Fsp3) is 0.519. The van der Waals surface area contributed by atoms with Crippen LogP contribution >= 0.6 is 0 Å². The molecule has 7 nitrogen and oxygen atoms in total. The highest BCUT2D eigenvalue weighted by molar-refractivity contribution is 5.73. The number of fused-ring (bicyclic) bond motifs is 2. The lowest BCUT2D eigenvalue weighted by atomic mass is 9.73. The topological polar surface area (TPSA) is 78.3 Å².